The van der Waals surface area contributed by atoms with Gasteiger partial charge in [-0.2, -0.15) is 0 Å². The molecule has 1 atom stereocenters. The third kappa shape index (κ3) is 3.13. The lowest BCUT2D eigenvalue weighted by molar-refractivity contribution is 0.706. The van der Waals surface area contributed by atoms with Crippen LogP contribution >= 0.6 is 38.8 Å². The molecule has 3 nitrogen and oxygen atoms in total. The second kappa shape index (κ2) is 5.56. The summed E-state index contributed by atoms with van der Waals surface area (Å²) in [6.45, 7) is 4.24. The SMILES string of the molecule is CC(C)c1nnsc1C(N)Cc1ccc(Br)s1. The van der Waals surface area contributed by atoms with Gasteiger partial charge in [0.15, 0.2) is 0 Å². The molecule has 0 radical (unpaired) electrons. The molecule has 0 saturated carbocycles. The first-order valence-electron chi connectivity index (χ1n) is 5.40. The molecule has 0 fully saturated rings. The Morgan fingerprint density at radius 2 is 2.18 bits per heavy atom. The Morgan fingerprint density at radius 3 is 2.76 bits per heavy atom. The van der Waals surface area contributed by atoms with E-state index >= 15 is 0 Å². The number of halogens is 1. The molecule has 2 rings (SSSR count). The van der Waals surface area contributed by atoms with E-state index in [0.29, 0.717) is 5.92 Å². The van der Waals surface area contributed by atoms with E-state index in [0.717, 1.165) is 20.8 Å². The van der Waals surface area contributed by atoms with Crippen molar-refractivity contribution < 1.29 is 0 Å². The molecule has 2 heterocycles. The van der Waals surface area contributed by atoms with E-state index in [1.807, 2.05) is 0 Å². The van der Waals surface area contributed by atoms with Gasteiger partial charge in [-0.25, -0.2) is 0 Å². The maximum Gasteiger partial charge on any atom is 0.0829 e. The van der Waals surface area contributed by atoms with Crippen molar-refractivity contribution in [3.05, 3.63) is 31.4 Å². The fourth-order valence-corrected chi connectivity index (χ4v) is 3.98. The van der Waals surface area contributed by atoms with E-state index in [4.69, 9.17) is 5.73 Å². The van der Waals surface area contributed by atoms with Crippen LogP contribution in [0.3, 0.4) is 0 Å². The molecule has 0 aromatic carbocycles. The Bertz CT molecular complexity index is 492. The first kappa shape index (κ1) is 13.1. The van der Waals surface area contributed by atoms with Gasteiger partial charge >= 0.3 is 0 Å². The highest BCUT2D eigenvalue weighted by atomic mass is 79.9. The average molecular weight is 332 g/mol. The van der Waals surface area contributed by atoms with Gasteiger partial charge in [0.1, 0.15) is 0 Å². The van der Waals surface area contributed by atoms with Crippen LogP contribution in [-0.2, 0) is 6.42 Å². The first-order valence-corrected chi connectivity index (χ1v) is 7.78. The normalized spacial score (nSPS) is 13.2. The molecule has 2 aromatic heterocycles. The van der Waals surface area contributed by atoms with Crippen LogP contribution in [0.1, 0.15) is 41.3 Å². The summed E-state index contributed by atoms with van der Waals surface area (Å²) in [4.78, 5) is 2.40. The van der Waals surface area contributed by atoms with Gasteiger partial charge in [0.2, 0.25) is 0 Å². The molecule has 0 spiro atoms. The van der Waals surface area contributed by atoms with Crippen molar-refractivity contribution in [1.29, 1.82) is 0 Å². The topological polar surface area (TPSA) is 51.8 Å². The van der Waals surface area contributed by atoms with Crippen LogP contribution in [0.25, 0.3) is 0 Å². The summed E-state index contributed by atoms with van der Waals surface area (Å²) >= 11 is 6.61. The Morgan fingerprint density at radius 1 is 1.41 bits per heavy atom. The van der Waals surface area contributed by atoms with E-state index < -0.39 is 0 Å². The van der Waals surface area contributed by atoms with Gasteiger partial charge in [-0.05, 0) is 45.5 Å². The Balaban J connectivity index is 2.14. The summed E-state index contributed by atoms with van der Waals surface area (Å²) in [6, 6.07) is 4.16. The third-order valence-electron chi connectivity index (χ3n) is 2.47. The fourth-order valence-electron chi connectivity index (χ4n) is 1.63. The van der Waals surface area contributed by atoms with Gasteiger partial charge in [0.25, 0.3) is 0 Å². The second-order valence-corrected chi connectivity index (χ2v) is 7.53. The summed E-state index contributed by atoms with van der Waals surface area (Å²) in [5, 5.41) is 4.17. The molecule has 0 aliphatic carbocycles. The van der Waals surface area contributed by atoms with Crippen LogP contribution in [-0.4, -0.2) is 9.59 Å². The first-order chi connectivity index (χ1) is 8.08. The zero-order valence-corrected chi connectivity index (χ0v) is 12.9. The number of nitrogens with two attached hydrogens (primary N) is 1. The minimum Gasteiger partial charge on any atom is -0.323 e. The smallest absolute Gasteiger partial charge is 0.0829 e. The quantitative estimate of drug-likeness (QED) is 0.928. The van der Waals surface area contributed by atoms with Crippen LogP contribution in [0.15, 0.2) is 15.9 Å². The van der Waals surface area contributed by atoms with E-state index in [9.17, 15) is 0 Å². The lowest BCUT2D eigenvalue weighted by Crippen LogP contribution is -2.13. The highest BCUT2D eigenvalue weighted by Gasteiger charge is 2.18. The third-order valence-corrected chi connectivity index (χ3v) is 4.99. The Hall–Kier alpha value is -0.300. The van der Waals surface area contributed by atoms with Crippen molar-refractivity contribution >= 4 is 38.8 Å². The summed E-state index contributed by atoms with van der Waals surface area (Å²) in [5.41, 5.74) is 7.28. The van der Waals surface area contributed by atoms with Crippen LogP contribution < -0.4 is 5.73 Å². The zero-order chi connectivity index (χ0) is 12.4. The molecule has 0 aliphatic heterocycles. The minimum atomic E-state index is -0.00190. The van der Waals surface area contributed by atoms with Gasteiger partial charge in [-0.3, -0.25) is 0 Å². The molecule has 0 aliphatic rings. The van der Waals surface area contributed by atoms with Crippen LogP contribution in [0.4, 0.5) is 0 Å². The summed E-state index contributed by atoms with van der Waals surface area (Å²) in [5.74, 6) is 0.380. The molecule has 17 heavy (non-hydrogen) atoms. The standard InChI is InChI=1S/C11H14BrN3S2/c1-6(2)10-11(17-15-14-10)8(13)5-7-3-4-9(12)16-7/h3-4,6,8H,5,13H2,1-2H3. The molecule has 2 aromatic rings. The number of hydrogen-bond donors (Lipinski definition) is 1. The lowest BCUT2D eigenvalue weighted by atomic mass is 10.0. The molecule has 2 N–H and O–H groups in total. The van der Waals surface area contributed by atoms with Crippen LogP contribution in [0.5, 0.6) is 0 Å². The second-order valence-electron chi connectivity index (χ2n) is 4.19. The van der Waals surface area contributed by atoms with Gasteiger partial charge < -0.3 is 5.73 Å². The van der Waals surface area contributed by atoms with Crippen molar-refractivity contribution in [3.8, 4) is 0 Å². The largest absolute Gasteiger partial charge is 0.323 e. The van der Waals surface area contributed by atoms with E-state index in [1.165, 1.54) is 16.4 Å². The number of thiophene rings is 1. The predicted octanol–water partition coefficient (Wildman–Crippen LogP) is 3.73. The van der Waals surface area contributed by atoms with E-state index in [2.05, 4.69) is 51.5 Å². The predicted molar refractivity (Wildman–Crippen MR) is 76.6 cm³/mol. The molecule has 1 unspecified atom stereocenters. The molecule has 92 valence electrons. The number of nitrogens with zero attached hydrogens (tertiary/aromatic N) is 2. The van der Waals surface area contributed by atoms with Crippen LogP contribution in [0, 0.1) is 0 Å². The highest BCUT2D eigenvalue weighted by molar-refractivity contribution is 9.11. The van der Waals surface area contributed by atoms with Crippen molar-refractivity contribution in [1.82, 2.24) is 9.59 Å². The molecule has 0 bridgehead atoms. The monoisotopic (exact) mass is 331 g/mol. The number of aromatic nitrogens is 2. The fraction of sp³-hybridized carbons (Fsp3) is 0.455. The highest BCUT2D eigenvalue weighted by Crippen LogP contribution is 2.30. The van der Waals surface area contributed by atoms with Gasteiger partial charge in [-0.15, -0.1) is 16.4 Å². The van der Waals surface area contributed by atoms with Crippen molar-refractivity contribution in [3.63, 3.8) is 0 Å². The molecule has 6 heteroatoms. The zero-order valence-electron chi connectivity index (χ0n) is 9.68. The minimum absolute atomic E-state index is 0.00190. The van der Waals surface area contributed by atoms with Crippen molar-refractivity contribution in [2.45, 2.75) is 32.2 Å². The van der Waals surface area contributed by atoms with Gasteiger partial charge in [0, 0.05) is 17.3 Å². The molecule has 0 amide bonds. The van der Waals surface area contributed by atoms with E-state index in [-0.39, 0.29) is 6.04 Å². The van der Waals surface area contributed by atoms with Crippen LogP contribution in [0.2, 0.25) is 0 Å². The maximum atomic E-state index is 6.24. The Labute approximate surface area is 117 Å². The number of rotatable bonds is 4. The number of hydrogen-bond acceptors (Lipinski definition) is 5. The Kier molecular flexibility index (Phi) is 4.30. The lowest BCUT2D eigenvalue weighted by Gasteiger charge is -2.10. The molecular weight excluding hydrogens is 318 g/mol. The van der Waals surface area contributed by atoms with Gasteiger partial charge in [0.05, 0.1) is 14.4 Å². The maximum absolute atomic E-state index is 6.24. The summed E-state index contributed by atoms with van der Waals surface area (Å²) in [6.07, 6.45) is 0.847. The van der Waals surface area contributed by atoms with Gasteiger partial charge in [-0.1, -0.05) is 18.3 Å². The van der Waals surface area contributed by atoms with Crippen molar-refractivity contribution in [2.24, 2.45) is 5.73 Å². The molecular formula is C11H14BrN3S2. The summed E-state index contributed by atoms with van der Waals surface area (Å²) in [7, 11) is 0. The van der Waals surface area contributed by atoms with Crippen molar-refractivity contribution in [2.75, 3.05) is 0 Å². The summed E-state index contributed by atoms with van der Waals surface area (Å²) < 4.78 is 5.16. The molecule has 0 saturated heterocycles. The van der Waals surface area contributed by atoms with E-state index in [1.54, 1.807) is 11.3 Å². The average Bonchev–Trinajstić information content (AvgIpc) is 2.86.